The van der Waals surface area contributed by atoms with Crippen LogP contribution in [0.4, 0.5) is 9.59 Å². The summed E-state index contributed by atoms with van der Waals surface area (Å²) < 4.78 is 9.48. The predicted molar refractivity (Wildman–Crippen MR) is 61.2 cm³/mol. The molecule has 2 amide bonds. The summed E-state index contributed by atoms with van der Waals surface area (Å²) in [6, 6.07) is 7.92. The first kappa shape index (κ1) is 13.0. The van der Waals surface area contributed by atoms with Gasteiger partial charge in [-0.3, -0.25) is 0 Å². The van der Waals surface area contributed by atoms with Crippen LogP contribution in [-0.4, -0.2) is 40.8 Å². The zero-order chi connectivity index (χ0) is 13.8. The number of imide groups is 1. The van der Waals surface area contributed by atoms with Crippen LogP contribution < -0.4 is 0 Å². The van der Waals surface area contributed by atoms with E-state index in [2.05, 4.69) is 4.74 Å². The Morgan fingerprint density at radius 3 is 2.63 bits per heavy atom. The summed E-state index contributed by atoms with van der Waals surface area (Å²) in [6.45, 7) is -0.0158. The molecule has 7 heteroatoms. The molecule has 100 valence electrons. The van der Waals surface area contributed by atoms with Crippen molar-refractivity contribution < 1.29 is 29.0 Å². The van der Waals surface area contributed by atoms with Gasteiger partial charge in [-0.2, -0.15) is 4.90 Å². The summed E-state index contributed by atoms with van der Waals surface area (Å²) in [5, 5.41) is 8.81. The molecule has 1 fully saturated rings. The van der Waals surface area contributed by atoms with E-state index in [4.69, 9.17) is 9.84 Å². The Morgan fingerprint density at radius 2 is 2.00 bits per heavy atom. The Hall–Kier alpha value is -2.41. The quantitative estimate of drug-likeness (QED) is 0.650. The fourth-order valence-electron chi connectivity index (χ4n) is 1.65. The number of amides is 2. The molecule has 0 bridgehead atoms. The first-order valence-electron chi connectivity index (χ1n) is 5.49. The average molecular weight is 265 g/mol. The third-order valence-corrected chi connectivity index (χ3v) is 2.56. The van der Waals surface area contributed by atoms with Crippen molar-refractivity contribution in [1.29, 1.82) is 0 Å². The van der Waals surface area contributed by atoms with Gasteiger partial charge in [0, 0.05) is 0 Å². The predicted octanol–water partition coefficient (Wildman–Crippen LogP) is 1.23. The molecule has 1 aliphatic rings. The SMILES string of the molecule is O=C1OC(=O)N(C(=O)O)[C@H]1COCc1ccccc1. The normalized spacial score (nSPS) is 18.5. The van der Waals surface area contributed by atoms with Gasteiger partial charge in [-0.1, -0.05) is 30.3 Å². The smallest absolute Gasteiger partial charge is 0.428 e. The standard InChI is InChI=1S/C12H11NO6/c14-10-9(13(11(15)16)12(17)19-10)7-18-6-8-4-2-1-3-5-8/h1-5,9H,6-7H2,(H,15,16)/t9-/m0/s1. The second-order valence-electron chi connectivity index (χ2n) is 3.86. The van der Waals surface area contributed by atoms with E-state index < -0.39 is 24.2 Å². The molecule has 0 radical (unpaired) electrons. The summed E-state index contributed by atoms with van der Waals surface area (Å²) in [5.41, 5.74) is 0.877. The molecule has 1 heterocycles. The maximum atomic E-state index is 11.3. The van der Waals surface area contributed by atoms with Gasteiger partial charge in [0.1, 0.15) is 0 Å². The maximum Gasteiger partial charge on any atom is 0.428 e. The number of nitrogens with zero attached hydrogens (tertiary/aromatic N) is 1. The number of ether oxygens (including phenoxy) is 2. The minimum absolute atomic E-state index is 0.215. The molecule has 0 aromatic heterocycles. The van der Waals surface area contributed by atoms with Crippen LogP contribution in [0, 0.1) is 0 Å². The third-order valence-electron chi connectivity index (χ3n) is 2.56. The van der Waals surface area contributed by atoms with Gasteiger partial charge < -0.3 is 14.6 Å². The van der Waals surface area contributed by atoms with Gasteiger partial charge in [-0.15, -0.1) is 0 Å². The topological polar surface area (TPSA) is 93.1 Å². The number of carbonyl (C=O) groups excluding carboxylic acids is 2. The Kier molecular flexibility index (Phi) is 3.76. The molecule has 0 aliphatic carbocycles. The van der Waals surface area contributed by atoms with E-state index in [9.17, 15) is 14.4 Å². The lowest BCUT2D eigenvalue weighted by Gasteiger charge is -2.14. The molecule has 0 spiro atoms. The van der Waals surface area contributed by atoms with E-state index in [0.29, 0.717) is 4.90 Å². The molecule has 1 aromatic carbocycles. The second kappa shape index (κ2) is 5.49. The molecular formula is C12H11NO6. The zero-order valence-corrected chi connectivity index (χ0v) is 9.81. The number of carbonyl (C=O) groups is 3. The van der Waals surface area contributed by atoms with E-state index in [-0.39, 0.29) is 13.2 Å². The number of rotatable bonds is 4. The monoisotopic (exact) mass is 265 g/mol. The van der Waals surface area contributed by atoms with E-state index in [1.165, 1.54) is 0 Å². The molecule has 19 heavy (non-hydrogen) atoms. The van der Waals surface area contributed by atoms with Crippen LogP contribution in [0.5, 0.6) is 0 Å². The Balaban J connectivity index is 1.93. The maximum absolute atomic E-state index is 11.3. The lowest BCUT2D eigenvalue weighted by molar-refractivity contribution is -0.137. The van der Waals surface area contributed by atoms with Crippen LogP contribution in [0.25, 0.3) is 0 Å². The molecule has 0 saturated carbocycles. The van der Waals surface area contributed by atoms with Gasteiger partial charge in [-0.05, 0) is 5.56 Å². The number of carboxylic acid groups (broad SMARTS) is 1. The summed E-state index contributed by atoms with van der Waals surface area (Å²) in [7, 11) is 0. The minimum Gasteiger partial charge on any atom is -0.464 e. The number of hydrogen-bond acceptors (Lipinski definition) is 5. The average Bonchev–Trinajstić information content (AvgIpc) is 2.65. The van der Waals surface area contributed by atoms with E-state index in [1.54, 1.807) is 0 Å². The van der Waals surface area contributed by atoms with Gasteiger partial charge in [0.05, 0.1) is 13.2 Å². The van der Waals surface area contributed by atoms with E-state index >= 15 is 0 Å². The minimum atomic E-state index is -1.54. The molecule has 7 nitrogen and oxygen atoms in total. The largest absolute Gasteiger partial charge is 0.464 e. The summed E-state index contributed by atoms with van der Waals surface area (Å²) in [5.74, 6) is -0.916. The molecule has 2 rings (SSSR count). The third kappa shape index (κ3) is 2.89. The molecule has 1 N–H and O–H groups in total. The van der Waals surface area contributed by atoms with Crippen molar-refractivity contribution in [2.24, 2.45) is 0 Å². The fourth-order valence-corrected chi connectivity index (χ4v) is 1.65. The van der Waals surface area contributed by atoms with Crippen molar-refractivity contribution in [2.75, 3.05) is 6.61 Å². The van der Waals surface area contributed by atoms with Gasteiger partial charge in [-0.25, -0.2) is 14.4 Å². The van der Waals surface area contributed by atoms with Crippen LogP contribution in [0.1, 0.15) is 5.56 Å². The van der Waals surface area contributed by atoms with Crippen molar-refractivity contribution in [3.63, 3.8) is 0 Å². The fraction of sp³-hybridized carbons (Fsp3) is 0.250. The zero-order valence-electron chi connectivity index (χ0n) is 9.81. The van der Waals surface area contributed by atoms with Gasteiger partial charge in [0.2, 0.25) is 0 Å². The van der Waals surface area contributed by atoms with Crippen LogP contribution in [-0.2, 0) is 20.9 Å². The molecule has 0 unspecified atom stereocenters. The van der Waals surface area contributed by atoms with Gasteiger partial charge in [0.15, 0.2) is 6.04 Å². The van der Waals surface area contributed by atoms with Crippen LogP contribution in [0.2, 0.25) is 0 Å². The highest BCUT2D eigenvalue weighted by atomic mass is 16.6. The van der Waals surface area contributed by atoms with Crippen molar-refractivity contribution in [2.45, 2.75) is 12.6 Å². The summed E-state index contributed by atoms with van der Waals surface area (Å²) >= 11 is 0. The molecule has 1 saturated heterocycles. The molecule has 1 aliphatic heterocycles. The van der Waals surface area contributed by atoms with E-state index in [1.807, 2.05) is 30.3 Å². The number of hydrogen-bond donors (Lipinski definition) is 1. The highest BCUT2D eigenvalue weighted by Gasteiger charge is 2.45. The lowest BCUT2D eigenvalue weighted by Crippen LogP contribution is -2.42. The Morgan fingerprint density at radius 1 is 1.32 bits per heavy atom. The molecule has 1 atom stereocenters. The van der Waals surface area contributed by atoms with Crippen molar-refractivity contribution in [3.05, 3.63) is 35.9 Å². The Labute approximate surface area is 108 Å². The number of cyclic esters (lactones) is 2. The molecular weight excluding hydrogens is 254 g/mol. The van der Waals surface area contributed by atoms with Crippen LogP contribution in [0.15, 0.2) is 30.3 Å². The van der Waals surface area contributed by atoms with Gasteiger partial charge >= 0.3 is 18.2 Å². The second-order valence-corrected chi connectivity index (χ2v) is 3.86. The Bertz CT molecular complexity index is 500. The first-order valence-corrected chi connectivity index (χ1v) is 5.49. The van der Waals surface area contributed by atoms with Crippen LogP contribution in [0.3, 0.4) is 0 Å². The lowest BCUT2D eigenvalue weighted by atomic mass is 10.2. The summed E-state index contributed by atoms with van der Waals surface area (Å²) in [4.78, 5) is 33.6. The first-order chi connectivity index (χ1) is 9.09. The van der Waals surface area contributed by atoms with Crippen molar-refractivity contribution in [1.82, 2.24) is 4.90 Å². The van der Waals surface area contributed by atoms with Crippen molar-refractivity contribution >= 4 is 18.2 Å². The van der Waals surface area contributed by atoms with Gasteiger partial charge in [0.25, 0.3) is 0 Å². The van der Waals surface area contributed by atoms with E-state index in [0.717, 1.165) is 5.56 Å². The number of benzene rings is 1. The highest BCUT2D eigenvalue weighted by Crippen LogP contribution is 2.15. The number of esters is 1. The molecule has 1 aromatic rings. The van der Waals surface area contributed by atoms with Crippen LogP contribution >= 0.6 is 0 Å². The summed E-state index contributed by atoms with van der Waals surface area (Å²) in [6.07, 6.45) is -2.73. The van der Waals surface area contributed by atoms with Crippen molar-refractivity contribution in [3.8, 4) is 0 Å². The highest BCUT2D eigenvalue weighted by molar-refractivity contribution is 6.03.